The van der Waals surface area contributed by atoms with Crippen molar-refractivity contribution in [1.82, 2.24) is 4.98 Å². The molecule has 0 radical (unpaired) electrons. The minimum Gasteiger partial charge on any atom is -0.379 e. The van der Waals surface area contributed by atoms with Crippen molar-refractivity contribution < 1.29 is 14.3 Å². The standard InChI is InChI=1S/C20H23N3O3/c1-25-18-11-15-4-2-3-5-19(15)23(14-18)20(24)16-10-17(13-21-12-16)22-6-8-26-9-7-22/h2-5,10,12-13,18H,6-9,11,14H2,1H3. The van der Waals surface area contributed by atoms with Crippen LogP contribution >= 0.6 is 0 Å². The number of aromatic nitrogens is 1. The van der Waals surface area contributed by atoms with Gasteiger partial charge in [-0.05, 0) is 17.7 Å². The number of morpholine rings is 1. The molecular formula is C20H23N3O3. The van der Waals surface area contributed by atoms with Crippen LogP contribution in [0.15, 0.2) is 42.7 Å². The van der Waals surface area contributed by atoms with Crippen LogP contribution in [0.4, 0.5) is 11.4 Å². The van der Waals surface area contributed by atoms with E-state index in [0.717, 1.165) is 36.4 Å². The lowest BCUT2D eigenvalue weighted by Gasteiger charge is -2.34. The third kappa shape index (κ3) is 3.30. The van der Waals surface area contributed by atoms with Gasteiger partial charge in [0.2, 0.25) is 0 Å². The summed E-state index contributed by atoms with van der Waals surface area (Å²) in [5, 5.41) is 0. The van der Waals surface area contributed by atoms with Gasteiger partial charge in [-0.2, -0.15) is 0 Å². The summed E-state index contributed by atoms with van der Waals surface area (Å²) in [7, 11) is 1.70. The van der Waals surface area contributed by atoms with E-state index in [1.165, 1.54) is 0 Å². The molecule has 1 aromatic heterocycles. The molecule has 2 aliphatic rings. The van der Waals surface area contributed by atoms with Crippen LogP contribution in [0.2, 0.25) is 0 Å². The van der Waals surface area contributed by atoms with E-state index in [0.29, 0.717) is 25.3 Å². The Kier molecular flexibility index (Phi) is 4.86. The predicted molar refractivity (Wildman–Crippen MR) is 99.9 cm³/mol. The van der Waals surface area contributed by atoms with Crippen molar-refractivity contribution in [3.8, 4) is 0 Å². The zero-order valence-electron chi connectivity index (χ0n) is 14.9. The first kappa shape index (κ1) is 17.0. The monoisotopic (exact) mass is 353 g/mol. The fourth-order valence-electron chi connectivity index (χ4n) is 3.60. The zero-order chi connectivity index (χ0) is 17.9. The van der Waals surface area contributed by atoms with Gasteiger partial charge in [0.15, 0.2) is 0 Å². The summed E-state index contributed by atoms with van der Waals surface area (Å²) in [4.78, 5) is 21.6. The average Bonchev–Trinajstić information content (AvgIpc) is 2.73. The maximum atomic E-state index is 13.2. The molecule has 1 unspecified atom stereocenters. The quantitative estimate of drug-likeness (QED) is 0.846. The predicted octanol–water partition coefficient (Wildman–Crippen LogP) is 2.14. The summed E-state index contributed by atoms with van der Waals surface area (Å²) in [6.07, 6.45) is 4.28. The van der Waals surface area contributed by atoms with Crippen LogP contribution in [-0.2, 0) is 15.9 Å². The molecule has 1 atom stereocenters. The maximum absolute atomic E-state index is 13.2. The van der Waals surface area contributed by atoms with E-state index in [2.05, 4.69) is 16.0 Å². The van der Waals surface area contributed by atoms with Crippen LogP contribution in [0.25, 0.3) is 0 Å². The number of methoxy groups -OCH3 is 1. The number of amides is 1. The van der Waals surface area contributed by atoms with Gasteiger partial charge in [-0.15, -0.1) is 0 Å². The summed E-state index contributed by atoms with van der Waals surface area (Å²) in [5.74, 6) is -0.0400. The van der Waals surface area contributed by atoms with Crippen molar-refractivity contribution >= 4 is 17.3 Å². The molecule has 1 amide bonds. The van der Waals surface area contributed by atoms with Gasteiger partial charge in [-0.1, -0.05) is 18.2 Å². The summed E-state index contributed by atoms with van der Waals surface area (Å²) in [5.41, 5.74) is 3.66. The second-order valence-electron chi connectivity index (χ2n) is 6.64. The Hall–Kier alpha value is -2.44. The molecule has 0 spiro atoms. The lowest BCUT2D eigenvalue weighted by atomic mass is 9.99. The maximum Gasteiger partial charge on any atom is 0.260 e. The number of fused-ring (bicyclic) bond motifs is 1. The molecule has 26 heavy (non-hydrogen) atoms. The Morgan fingerprint density at radius 2 is 2.04 bits per heavy atom. The molecule has 2 aliphatic heterocycles. The second kappa shape index (κ2) is 7.43. The molecule has 0 bridgehead atoms. The molecule has 0 N–H and O–H groups in total. The van der Waals surface area contributed by atoms with Gasteiger partial charge in [-0.3, -0.25) is 9.78 Å². The fraction of sp³-hybridized carbons (Fsp3) is 0.400. The first-order valence-corrected chi connectivity index (χ1v) is 8.96. The van der Waals surface area contributed by atoms with Gasteiger partial charge in [0.25, 0.3) is 5.91 Å². The lowest BCUT2D eigenvalue weighted by Crippen LogP contribution is -2.43. The average molecular weight is 353 g/mol. The Morgan fingerprint density at radius 1 is 1.23 bits per heavy atom. The second-order valence-corrected chi connectivity index (χ2v) is 6.64. The van der Waals surface area contributed by atoms with Crippen molar-refractivity contribution in [2.45, 2.75) is 12.5 Å². The first-order valence-electron chi connectivity index (χ1n) is 8.96. The number of nitrogens with zero attached hydrogens (tertiary/aromatic N) is 3. The normalized spacial score (nSPS) is 20.0. The van der Waals surface area contributed by atoms with Crippen LogP contribution in [0.3, 0.4) is 0 Å². The number of benzene rings is 1. The minimum atomic E-state index is -0.0400. The molecule has 0 aliphatic carbocycles. The number of para-hydroxylation sites is 1. The largest absolute Gasteiger partial charge is 0.379 e. The van der Waals surface area contributed by atoms with Crippen molar-refractivity contribution in [2.24, 2.45) is 0 Å². The molecule has 1 aromatic carbocycles. The van der Waals surface area contributed by atoms with Crippen molar-refractivity contribution in [3.63, 3.8) is 0 Å². The van der Waals surface area contributed by atoms with E-state index in [4.69, 9.17) is 9.47 Å². The number of carbonyl (C=O) groups is 1. The minimum absolute atomic E-state index is 0.00392. The van der Waals surface area contributed by atoms with Gasteiger partial charge in [-0.25, -0.2) is 0 Å². The molecule has 1 fully saturated rings. The number of carbonyl (C=O) groups excluding carboxylic acids is 1. The van der Waals surface area contributed by atoms with Gasteiger partial charge < -0.3 is 19.3 Å². The smallest absolute Gasteiger partial charge is 0.260 e. The van der Waals surface area contributed by atoms with Gasteiger partial charge >= 0.3 is 0 Å². The first-order chi connectivity index (χ1) is 12.8. The highest BCUT2D eigenvalue weighted by Gasteiger charge is 2.29. The van der Waals surface area contributed by atoms with Crippen molar-refractivity contribution in [1.29, 1.82) is 0 Å². The number of ether oxygens (including phenoxy) is 2. The van der Waals surface area contributed by atoms with Crippen LogP contribution < -0.4 is 9.80 Å². The van der Waals surface area contributed by atoms with E-state index in [9.17, 15) is 4.79 Å². The number of hydrogen-bond acceptors (Lipinski definition) is 5. The van der Waals surface area contributed by atoms with Crippen LogP contribution in [-0.4, -0.2) is 57.0 Å². The molecular weight excluding hydrogens is 330 g/mol. The highest BCUT2D eigenvalue weighted by molar-refractivity contribution is 6.07. The Bertz CT molecular complexity index is 789. The van der Waals surface area contributed by atoms with E-state index in [-0.39, 0.29) is 12.0 Å². The third-order valence-corrected chi connectivity index (χ3v) is 5.04. The molecule has 0 saturated carbocycles. The topological polar surface area (TPSA) is 54.9 Å². The Morgan fingerprint density at radius 3 is 2.85 bits per heavy atom. The molecule has 6 heteroatoms. The molecule has 2 aromatic rings. The fourth-order valence-corrected chi connectivity index (χ4v) is 3.60. The highest BCUT2D eigenvalue weighted by Crippen LogP contribution is 2.29. The van der Waals surface area contributed by atoms with Crippen LogP contribution in [0.1, 0.15) is 15.9 Å². The van der Waals surface area contributed by atoms with Gasteiger partial charge in [0, 0.05) is 38.5 Å². The molecule has 1 saturated heterocycles. The van der Waals surface area contributed by atoms with Crippen molar-refractivity contribution in [2.75, 3.05) is 49.8 Å². The van der Waals surface area contributed by atoms with Crippen LogP contribution in [0.5, 0.6) is 0 Å². The number of anilines is 2. The highest BCUT2D eigenvalue weighted by atomic mass is 16.5. The van der Waals surface area contributed by atoms with Crippen molar-refractivity contribution in [3.05, 3.63) is 53.9 Å². The molecule has 4 rings (SSSR count). The van der Waals surface area contributed by atoms with E-state index < -0.39 is 0 Å². The van der Waals surface area contributed by atoms with Gasteiger partial charge in [0.1, 0.15) is 0 Å². The Labute approximate surface area is 153 Å². The van der Waals surface area contributed by atoms with E-state index in [1.807, 2.05) is 35.4 Å². The zero-order valence-corrected chi connectivity index (χ0v) is 14.9. The summed E-state index contributed by atoms with van der Waals surface area (Å²) >= 11 is 0. The number of pyridine rings is 1. The van der Waals surface area contributed by atoms with Crippen LogP contribution in [0, 0.1) is 0 Å². The lowest BCUT2D eigenvalue weighted by molar-refractivity contribution is 0.0870. The van der Waals surface area contributed by atoms with E-state index in [1.54, 1.807) is 13.3 Å². The molecule has 6 nitrogen and oxygen atoms in total. The number of rotatable bonds is 3. The van der Waals surface area contributed by atoms with E-state index >= 15 is 0 Å². The summed E-state index contributed by atoms with van der Waals surface area (Å²) in [6.45, 7) is 3.59. The Balaban J connectivity index is 1.63. The molecule has 136 valence electrons. The summed E-state index contributed by atoms with van der Waals surface area (Å²) in [6, 6.07) is 9.95. The summed E-state index contributed by atoms with van der Waals surface area (Å²) < 4.78 is 11.0. The number of hydrogen-bond donors (Lipinski definition) is 0. The molecule has 3 heterocycles. The SMILES string of the molecule is COC1Cc2ccccc2N(C(=O)c2cncc(N3CCOCC3)c2)C1. The third-order valence-electron chi connectivity index (χ3n) is 5.04. The van der Waals surface area contributed by atoms with Gasteiger partial charge in [0.05, 0.1) is 43.3 Å².